The molecule has 3 rings (SSSR count). The molecule has 3 aromatic rings. The highest BCUT2D eigenvalue weighted by molar-refractivity contribution is 7.92. The SMILES string of the molecule is Cc1n[nH]c(C)c1S(=O)(=O)Nc1ccc(Nc2c(F)cccc2F)nn1. The van der Waals surface area contributed by atoms with Gasteiger partial charge in [-0.15, -0.1) is 10.2 Å². The molecule has 0 saturated carbocycles. The number of para-hydroxylation sites is 1. The predicted molar refractivity (Wildman–Crippen MR) is 90.5 cm³/mol. The molecule has 0 unspecified atom stereocenters. The van der Waals surface area contributed by atoms with E-state index in [1.807, 2.05) is 0 Å². The lowest BCUT2D eigenvalue weighted by Gasteiger charge is -2.09. The number of rotatable bonds is 5. The standard InChI is InChI=1S/C15H14F2N6O2S/c1-8-15(9(2)20-19-8)26(24,25)23-13-7-6-12(21-22-13)18-14-10(16)4-3-5-11(14)17/h3-7H,1-2H3,(H,18,21)(H,19,20)(H,22,23). The van der Waals surface area contributed by atoms with Gasteiger partial charge in [-0.25, -0.2) is 17.2 Å². The van der Waals surface area contributed by atoms with Gasteiger partial charge in [0.25, 0.3) is 10.0 Å². The largest absolute Gasteiger partial charge is 0.334 e. The zero-order chi connectivity index (χ0) is 18.9. The minimum absolute atomic E-state index is 0.0231. The third kappa shape index (κ3) is 3.47. The lowest BCUT2D eigenvalue weighted by molar-refractivity contribution is 0.590. The fraction of sp³-hybridized carbons (Fsp3) is 0.133. The van der Waals surface area contributed by atoms with Crippen molar-refractivity contribution in [3.8, 4) is 0 Å². The molecule has 0 aliphatic heterocycles. The minimum Gasteiger partial charge on any atom is -0.334 e. The normalized spacial score (nSPS) is 11.4. The number of aryl methyl sites for hydroxylation is 2. The number of sulfonamides is 1. The Bertz CT molecular complexity index is 1010. The highest BCUT2D eigenvalue weighted by Gasteiger charge is 2.23. The minimum atomic E-state index is -3.90. The topological polar surface area (TPSA) is 113 Å². The fourth-order valence-electron chi connectivity index (χ4n) is 2.32. The molecule has 0 aliphatic rings. The number of aromatic amines is 1. The van der Waals surface area contributed by atoms with Crippen LogP contribution in [-0.4, -0.2) is 28.8 Å². The van der Waals surface area contributed by atoms with Crippen LogP contribution in [0, 0.1) is 25.5 Å². The summed E-state index contributed by atoms with van der Waals surface area (Å²) < 4.78 is 54.3. The summed E-state index contributed by atoms with van der Waals surface area (Å²) in [6, 6.07) is 6.08. The molecule has 3 N–H and O–H groups in total. The van der Waals surface area contributed by atoms with Crippen molar-refractivity contribution >= 4 is 27.3 Å². The first-order valence-electron chi connectivity index (χ1n) is 7.37. The quantitative estimate of drug-likeness (QED) is 0.627. The molecular weight excluding hydrogens is 366 g/mol. The fourth-order valence-corrected chi connectivity index (χ4v) is 3.69. The average molecular weight is 380 g/mol. The Morgan fingerprint density at radius 3 is 2.15 bits per heavy atom. The van der Waals surface area contributed by atoms with E-state index < -0.39 is 21.7 Å². The van der Waals surface area contributed by atoms with Gasteiger partial charge >= 0.3 is 0 Å². The second-order valence-electron chi connectivity index (χ2n) is 5.39. The molecule has 136 valence electrons. The molecule has 0 atom stereocenters. The van der Waals surface area contributed by atoms with Crippen molar-refractivity contribution in [1.29, 1.82) is 0 Å². The predicted octanol–water partition coefficient (Wildman–Crippen LogP) is 2.64. The summed E-state index contributed by atoms with van der Waals surface area (Å²) in [4.78, 5) is 0.0231. The van der Waals surface area contributed by atoms with Crippen LogP contribution in [0.5, 0.6) is 0 Å². The van der Waals surface area contributed by atoms with Crippen molar-refractivity contribution < 1.29 is 17.2 Å². The number of nitrogens with zero attached hydrogens (tertiary/aromatic N) is 3. The lowest BCUT2D eigenvalue weighted by atomic mass is 10.3. The van der Waals surface area contributed by atoms with E-state index in [0.717, 1.165) is 12.1 Å². The van der Waals surface area contributed by atoms with E-state index >= 15 is 0 Å². The summed E-state index contributed by atoms with van der Waals surface area (Å²) in [5.41, 5.74) is 0.326. The maximum Gasteiger partial charge on any atom is 0.266 e. The van der Waals surface area contributed by atoms with Gasteiger partial charge < -0.3 is 5.32 Å². The van der Waals surface area contributed by atoms with Gasteiger partial charge in [0.1, 0.15) is 22.2 Å². The Hall–Kier alpha value is -3.08. The molecule has 11 heteroatoms. The molecule has 0 fully saturated rings. The molecule has 0 aliphatic carbocycles. The molecule has 2 heterocycles. The first-order chi connectivity index (χ1) is 12.3. The van der Waals surface area contributed by atoms with Gasteiger partial charge in [0.2, 0.25) is 0 Å². The number of benzene rings is 1. The summed E-state index contributed by atoms with van der Waals surface area (Å²) in [6.45, 7) is 3.13. The first-order valence-corrected chi connectivity index (χ1v) is 8.85. The van der Waals surface area contributed by atoms with Crippen LogP contribution < -0.4 is 10.0 Å². The van der Waals surface area contributed by atoms with E-state index in [1.165, 1.54) is 18.2 Å². The van der Waals surface area contributed by atoms with E-state index in [1.54, 1.807) is 13.8 Å². The zero-order valence-corrected chi connectivity index (χ0v) is 14.5. The summed E-state index contributed by atoms with van der Waals surface area (Å²) in [5.74, 6) is -1.58. The highest BCUT2D eigenvalue weighted by Crippen LogP contribution is 2.23. The Kier molecular flexibility index (Phi) is 4.55. The van der Waals surface area contributed by atoms with Crippen LogP contribution in [-0.2, 0) is 10.0 Å². The molecular formula is C15H14F2N6O2S. The molecule has 0 saturated heterocycles. The molecule has 0 bridgehead atoms. The molecule has 0 radical (unpaired) electrons. The zero-order valence-electron chi connectivity index (χ0n) is 13.7. The Morgan fingerprint density at radius 2 is 1.62 bits per heavy atom. The van der Waals surface area contributed by atoms with Gasteiger partial charge in [0.15, 0.2) is 11.6 Å². The van der Waals surface area contributed by atoms with Gasteiger partial charge in [-0.05, 0) is 38.1 Å². The third-order valence-corrected chi connectivity index (χ3v) is 5.07. The van der Waals surface area contributed by atoms with Crippen molar-refractivity contribution in [3.63, 3.8) is 0 Å². The monoisotopic (exact) mass is 380 g/mol. The van der Waals surface area contributed by atoms with Crippen molar-refractivity contribution in [1.82, 2.24) is 20.4 Å². The Morgan fingerprint density at radius 1 is 1.00 bits per heavy atom. The van der Waals surface area contributed by atoms with Crippen molar-refractivity contribution in [2.75, 3.05) is 10.0 Å². The van der Waals surface area contributed by atoms with Gasteiger partial charge in [0.05, 0.1) is 11.4 Å². The highest BCUT2D eigenvalue weighted by atomic mass is 32.2. The van der Waals surface area contributed by atoms with E-state index in [2.05, 4.69) is 30.4 Å². The van der Waals surface area contributed by atoms with Crippen LogP contribution in [0.1, 0.15) is 11.4 Å². The van der Waals surface area contributed by atoms with Crippen LogP contribution in [0.25, 0.3) is 0 Å². The molecule has 0 amide bonds. The van der Waals surface area contributed by atoms with E-state index in [-0.39, 0.29) is 22.2 Å². The number of aromatic nitrogens is 4. The van der Waals surface area contributed by atoms with Crippen molar-refractivity contribution in [2.24, 2.45) is 0 Å². The number of halogens is 2. The van der Waals surface area contributed by atoms with Crippen LogP contribution >= 0.6 is 0 Å². The summed E-state index contributed by atoms with van der Waals surface area (Å²) >= 11 is 0. The van der Waals surface area contributed by atoms with Crippen molar-refractivity contribution in [3.05, 3.63) is 53.4 Å². The maximum atomic E-state index is 13.6. The Balaban J connectivity index is 1.80. The van der Waals surface area contributed by atoms with Crippen LogP contribution in [0.2, 0.25) is 0 Å². The second kappa shape index (κ2) is 6.67. The second-order valence-corrected chi connectivity index (χ2v) is 7.01. The third-order valence-electron chi connectivity index (χ3n) is 3.45. The number of hydrogen-bond acceptors (Lipinski definition) is 6. The number of anilines is 3. The lowest BCUT2D eigenvalue weighted by Crippen LogP contribution is -2.16. The van der Waals surface area contributed by atoms with Gasteiger partial charge in [-0.3, -0.25) is 9.82 Å². The van der Waals surface area contributed by atoms with Gasteiger partial charge in [-0.1, -0.05) is 6.07 Å². The van der Waals surface area contributed by atoms with Gasteiger partial charge in [0, 0.05) is 0 Å². The maximum absolute atomic E-state index is 13.6. The van der Waals surface area contributed by atoms with Crippen LogP contribution in [0.3, 0.4) is 0 Å². The van der Waals surface area contributed by atoms with Gasteiger partial charge in [-0.2, -0.15) is 5.10 Å². The Labute approximate surface area is 147 Å². The number of H-pyrrole nitrogens is 1. The average Bonchev–Trinajstić information content (AvgIpc) is 2.92. The summed E-state index contributed by atoms with van der Waals surface area (Å²) in [5, 5.41) is 16.3. The van der Waals surface area contributed by atoms with Crippen molar-refractivity contribution in [2.45, 2.75) is 18.7 Å². The number of nitrogens with one attached hydrogen (secondary N) is 3. The molecule has 2 aromatic heterocycles. The van der Waals surface area contributed by atoms with Crippen LogP contribution in [0.15, 0.2) is 35.2 Å². The van der Waals surface area contributed by atoms with E-state index in [9.17, 15) is 17.2 Å². The first kappa shape index (κ1) is 17.7. The number of hydrogen-bond donors (Lipinski definition) is 3. The smallest absolute Gasteiger partial charge is 0.266 e. The van der Waals surface area contributed by atoms with E-state index in [0.29, 0.717) is 11.4 Å². The molecule has 26 heavy (non-hydrogen) atoms. The van der Waals surface area contributed by atoms with Crippen LogP contribution in [0.4, 0.5) is 26.1 Å². The summed E-state index contributed by atoms with van der Waals surface area (Å²) in [6.07, 6.45) is 0. The molecule has 8 nitrogen and oxygen atoms in total. The molecule has 0 spiro atoms. The molecule has 1 aromatic carbocycles. The van der Waals surface area contributed by atoms with E-state index in [4.69, 9.17) is 0 Å². The summed E-state index contributed by atoms with van der Waals surface area (Å²) in [7, 11) is -3.90.